The van der Waals surface area contributed by atoms with Gasteiger partial charge in [-0.05, 0) is 42.7 Å². The van der Waals surface area contributed by atoms with Crippen molar-refractivity contribution < 1.29 is 19.1 Å². The Kier molecular flexibility index (Phi) is 5.93. The van der Waals surface area contributed by atoms with Gasteiger partial charge < -0.3 is 14.4 Å². The highest BCUT2D eigenvalue weighted by Gasteiger charge is 2.29. The van der Waals surface area contributed by atoms with E-state index in [4.69, 9.17) is 9.47 Å². The van der Waals surface area contributed by atoms with Gasteiger partial charge in [0.2, 0.25) is 0 Å². The molecular weight excluding hydrogens is 350 g/mol. The number of benzene rings is 1. The normalized spacial score (nSPS) is 17.5. The zero-order valence-electron chi connectivity index (χ0n) is 15.1. The molecule has 1 amide bonds. The third-order valence-electron chi connectivity index (χ3n) is 4.72. The molecule has 1 atom stereocenters. The first kappa shape index (κ1) is 18.5. The molecule has 1 aliphatic rings. The zero-order valence-corrected chi connectivity index (χ0v) is 15.9. The summed E-state index contributed by atoms with van der Waals surface area (Å²) in [7, 11) is 2.99. The van der Waals surface area contributed by atoms with Gasteiger partial charge in [0.15, 0.2) is 0 Å². The van der Waals surface area contributed by atoms with Gasteiger partial charge in [0.25, 0.3) is 5.91 Å². The van der Waals surface area contributed by atoms with Crippen molar-refractivity contribution in [2.24, 2.45) is 0 Å². The summed E-state index contributed by atoms with van der Waals surface area (Å²) in [6.45, 7) is 0.723. The minimum atomic E-state index is -0.406. The number of hydrogen-bond acceptors (Lipinski definition) is 5. The van der Waals surface area contributed by atoms with Crippen LogP contribution in [0.25, 0.3) is 0 Å². The van der Waals surface area contributed by atoms with Gasteiger partial charge in [-0.25, -0.2) is 4.79 Å². The van der Waals surface area contributed by atoms with Crippen molar-refractivity contribution in [3.8, 4) is 5.75 Å². The van der Waals surface area contributed by atoms with Crippen LogP contribution in [0, 0.1) is 0 Å². The van der Waals surface area contributed by atoms with Crippen molar-refractivity contribution in [3.63, 3.8) is 0 Å². The lowest BCUT2D eigenvalue weighted by molar-refractivity contribution is 0.0606. The number of thiophene rings is 1. The lowest BCUT2D eigenvalue weighted by Crippen LogP contribution is -2.34. The molecule has 0 radical (unpaired) electrons. The second-order valence-corrected chi connectivity index (χ2v) is 7.38. The molecule has 6 heteroatoms. The highest BCUT2D eigenvalue weighted by atomic mass is 32.1. The standard InChI is InChI=1S/C20H23NO4S/c1-24-15-9-7-14(8-10-15)16-6-4-3-5-13-21(16)19(22)17-11-12-18(26-17)20(23)25-2/h7-12,16H,3-6,13H2,1-2H3. The zero-order chi connectivity index (χ0) is 18.5. The van der Waals surface area contributed by atoms with Gasteiger partial charge in [0.1, 0.15) is 10.6 Å². The van der Waals surface area contributed by atoms with Crippen molar-refractivity contribution >= 4 is 23.2 Å². The Hall–Kier alpha value is -2.34. The Morgan fingerprint density at radius 1 is 1.00 bits per heavy atom. The highest BCUT2D eigenvalue weighted by Crippen LogP contribution is 2.33. The molecule has 2 aromatic rings. The maximum atomic E-state index is 13.1. The van der Waals surface area contributed by atoms with Crippen LogP contribution in [0.4, 0.5) is 0 Å². The quantitative estimate of drug-likeness (QED) is 0.750. The summed E-state index contributed by atoms with van der Waals surface area (Å²) < 4.78 is 9.98. The third-order valence-corrected chi connectivity index (χ3v) is 5.77. The maximum absolute atomic E-state index is 13.1. The number of amides is 1. The van der Waals surface area contributed by atoms with Gasteiger partial charge in [-0.3, -0.25) is 4.79 Å². The van der Waals surface area contributed by atoms with E-state index in [2.05, 4.69) is 0 Å². The average Bonchev–Trinajstić information content (AvgIpc) is 3.05. The first-order valence-electron chi connectivity index (χ1n) is 8.77. The summed E-state index contributed by atoms with van der Waals surface area (Å²) in [6, 6.07) is 11.3. The molecule has 0 aliphatic carbocycles. The van der Waals surface area contributed by atoms with Crippen molar-refractivity contribution in [3.05, 3.63) is 51.7 Å². The number of carbonyl (C=O) groups excluding carboxylic acids is 2. The predicted octanol–water partition coefficient (Wildman–Crippen LogP) is 4.30. The lowest BCUT2D eigenvalue weighted by atomic mass is 10.0. The number of ether oxygens (including phenoxy) is 2. The van der Waals surface area contributed by atoms with Gasteiger partial charge >= 0.3 is 5.97 Å². The molecule has 1 aromatic heterocycles. The first-order valence-corrected chi connectivity index (χ1v) is 9.58. The molecule has 1 aliphatic heterocycles. The monoisotopic (exact) mass is 373 g/mol. The van der Waals surface area contributed by atoms with Crippen molar-refractivity contribution in [1.29, 1.82) is 0 Å². The Bertz CT molecular complexity index is 768. The fourth-order valence-corrected chi connectivity index (χ4v) is 4.21. The van der Waals surface area contributed by atoms with Crippen LogP contribution in [-0.4, -0.2) is 37.5 Å². The van der Waals surface area contributed by atoms with Crippen LogP contribution in [-0.2, 0) is 4.74 Å². The van der Waals surface area contributed by atoms with Crippen LogP contribution < -0.4 is 4.74 Å². The summed E-state index contributed by atoms with van der Waals surface area (Å²) in [5.74, 6) is 0.380. The number of esters is 1. The van der Waals surface area contributed by atoms with E-state index in [0.29, 0.717) is 9.75 Å². The molecule has 1 fully saturated rings. The van der Waals surface area contributed by atoms with Crippen LogP contribution in [0.2, 0.25) is 0 Å². The van der Waals surface area contributed by atoms with Crippen LogP contribution in [0.1, 0.15) is 56.6 Å². The van der Waals surface area contributed by atoms with Gasteiger partial charge in [-0.1, -0.05) is 25.0 Å². The van der Waals surface area contributed by atoms with Crippen molar-refractivity contribution in [2.45, 2.75) is 31.7 Å². The highest BCUT2D eigenvalue weighted by molar-refractivity contribution is 7.15. The van der Waals surface area contributed by atoms with Gasteiger partial charge in [-0.2, -0.15) is 0 Å². The average molecular weight is 373 g/mol. The molecule has 2 heterocycles. The van der Waals surface area contributed by atoms with E-state index in [-0.39, 0.29) is 11.9 Å². The molecule has 0 N–H and O–H groups in total. The first-order chi connectivity index (χ1) is 12.6. The molecular formula is C20H23NO4S. The minimum Gasteiger partial charge on any atom is -0.497 e. The third kappa shape index (κ3) is 3.90. The second-order valence-electron chi connectivity index (χ2n) is 6.29. The van der Waals surface area contributed by atoms with Crippen LogP contribution in [0.5, 0.6) is 5.75 Å². The molecule has 26 heavy (non-hydrogen) atoms. The number of likely N-dealkylation sites (tertiary alicyclic amines) is 1. The number of nitrogens with zero attached hydrogens (tertiary/aromatic N) is 1. The van der Waals surface area contributed by atoms with E-state index >= 15 is 0 Å². The Balaban J connectivity index is 1.86. The maximum Gasteiger partial charge on any atom is 0.348 e. The van der Waals surface area contributed by atoms with E-state index < -0.39 is 5.97 Å². The molecule has 0 bridgehead atoms. The second kappa shape index (κ2) is 8.36. The number of carbonyl (C=O) groups is 2. The molecule has 5 nitrogen and oxygen atoms in total. The summed E-state index contributed by atoms with van der Waals surface area (Å²) in [5.41, 5.74) is 1.12. The smallest absolute Gasteiger partial charge is 0.348 e. The lowest BCUT2D eigenvalue weighted by Gasteiger charge is -2.30. The van der Waals surface area contributed by atoms with Crippen molar-refractivity contribution in [1.82, 2.24) is 4.90 Å². The Morgan fingerprint density at radius 2 is 1.73 bits per heavy atom. The van der Waals surface area contributed by atoms with E-state index in [0.717, 1.165) is 43.5 Å². The fourth-order valence-electron chi connectivity index (χ4n) is 3.33. The van der Waals surface area contributed by atoms with E-state index in [1.165, 1.54) is 18.4 Å². The number of methoxy groups -OCH3 is 2. The summed E-state index contributed by atoms with van der Waals surface area (Å²) >= 11 is 1.19. The van der Waals surface area contributed by atoms with Gasteiger partial charge in [0, 0.05) is 6.54 Å². The minimum absolute atomic E-state index is 0.0205. The fraction of sp³-hybridized carbons (Fsp3) is 0.400. The van der Waals surface area contributed by atoms with Crippen LogP contribution in [0.15, 0.2) is 36.4 Å². The molecule has 1 unspecified atom stereocenters. The van der Waals surface area contributed by atoms with E-state index in [1.54, 1.807) is 19.2 Å². The summed E-state index contributed by atoms with van der Waals surface area (Å²) in [6.07, 6.45) is 4.15. The molecule has 0 spiro atoms. The van der Waals surface area contributed by atoms with Crippen molar-refractivity contribution in [2.75, 3.05) is 20.8 Å². The van der Waals surface area contributed by atoms with E-state index in [9.17, 15) is 9.59 Å². The van der Waals surface area contributed by atoms with Gasteiger partial charge in [0.05, 0.1) is 25.1 Å². The molecule has 3 rings (SSSR count). The van der Waals surface area contributed by atoms with Crippen LogP contribution >= 0.6 is 11.3 Å². The Labute approximate surface area is 157 Å². The van der Waals surface area contributed by atoms with Gasteiger partial charge in [-0.15, -0.1) is 11.3 Å². The number of rotatable bonds is 4. The van der Waals surface area contributed by atoms with Crippen LogP contribution in [0.3, 0.4) is 0 Å². The molecule has 0 saturated carbocycles. The molecule has 138 valence electrons. The Morgan fingerprint density at radius 3 is 2.42 bits per heavy atom. The molecule has 1 saturated heterocycles. The number of hydrogen-bond donors (Lipinski definition) is 0. The topological polar surface area (TPSA) is 55.8 Å². The van der Waals surface area contributed by atoms with E-state index in [1.807, 2.05) is 29.2 Å². The largest absolute Gasteiger partial charge is 0.497 e. The summed E-state index contributed by atoms with van der Waals surface area (Å²) in [5, 5.41) is 0. The molecule has 1 aromatic carbocycles. The predicted molar refractivity (Wildman–Crippen MR) is 101 cm³/mol. The summed E-state index contributed by atoms with van der Waals surface area (Å²) in [4.78, 5) is 27.8. The SMILES string of the molecule is COC(=O)c1ccc(C(=O)N2CCCCCC2c2ccc(OC)cc2)s1.